The van der Waals surface area contributed by atoms with Crippen molar-refractivity contribution in [2.45, 2.75) is 12.8 Å². The molecule has 0 radical (unpaired) electrons. The van der Waals surface area contributed by atoms with Crippen molar-refractivity contribution in [3.05, 3.63) is 59.1 Å². The average Bonchev–Trinajstić information content (AvgIpc) is 2.59. The second-order valence-corrected chi connectivity index (χ2v) is 5.58. The van der Waals surface area contributed by atoms with E-state index >= 15 is 0 Å². The van der Waals surface area contributed by atoms with Gasteiger partial charge in [0.15, 0.2) is 0 Å². The molecule has 0 fully saturated rings. The molecule has 0 aliphatic heterocycles. The van der Waals surface area contributed by atoms with E-state index < -0.39 is 0 Å². The Balaban J connectivity index is 1.70. The molecule has 2 aromatic carbocycles. The van der Waals surface area contributed by atoms with E-state index in [0.717, 1.165) is 0 Å². The normalized spacial score (nSPS) is 10.1. The Labute approximate surface area is 146 Å². The lowest BCUT2D eigenvalue weighted by molar-refractivity contribution is -0.116. The number of hydrogen-bond acceptors (Lipinski definition) is 3. The average molecular weight is 347 g/mol. The van der Waals surface area contributed by atoms with Crippen molar-refractivity contribution in [1.82, 2.24) is 5.32 Å². The molecule has 5 nitrogen and oxygen atoms in total. The molecule has 0 aliphatic carbocycles. The first-order valence-electron chi connectivity index (χ1n) is 7.56. The van der Waals surface area contributed by atoms with Crippen LogP contribution in [0.15, 0.2) is 48.5 Å². The van der Waals surface area contributed by atoms with Crippen LogP contribution in [0.3, 0.4) is 0 Å². The molecule has 2 rings (SSSR count). The SMILES string of the molecule is COc1cccc(NC(=O)CCCNC(=O)c2ccc(Cl)cc2)c1. The third-order valence-corrected chi connectivity index (χ3v) is 3.58. The van der Waals surface area contributed by atoms with Crippen LogP contribution in [0.4, 0.5) is 5.69 Å². The standard InChI is InChI=1S/C18H19ClN2O3/c1-24-16-5-2-4-15(12-16)21-17(22)6-3-11-20-18(23)13-7-9-14(19)10-8-13/h2,4-5,7-10,12H,3,6,11H2,1H3,(H,20,23)(H,21,22). The van der Waals surface area contributed by atoms with E-state index in [9.17, 15) is 9.59 Å². The van der Waals surface area contributed by atoms with Crippen molar-refractivity contribution in [3.8, 4) is 5.75 Å². The van der Waals surface area contributed by atoms with Crippen LogP contribution in [0.5, 0.6) is 5.75 Å². The van der Waals surface area contributed by atoms with Gasteiger partial charge in [0.05, 0.1) is 7.11 Å². The smallest absolute Gasteiger partial charge is 0.251 e. The molecule has 0 saturated carbocycles. The van der Waals surface area contributed by atoms with Crippen molar-refractivity contribution < 1.29 is 14.3 Å². The number of benzene rings is 2. The van der Waals surface area contributed by atoms with Crippen LogP contribution in [0, 0.1) is 0 Å². The predicted molar refractivity (Wildman–Crippen MR) is 94.6 cm³/mol. The predicted octanol–water partition coefficient (Wildman–Crippen LogP) is 3.50. The van der Waals surface area contributed by atoms with Gasteiger partial charge in [-0.3, -0.25) is 9.59 Å². The Morgan fingerprint density at radius 1 is 1.12 bits per heavy atom. The fourth-order valence-electron chi connectivity index (χ4n) is 2.08. The van der Waals surface area contributed by atoms with Crippen LogP contribution in [-0.4, -0.2) is 25.5 Å². The van der Waals surface area contributed by atoms with Crippen LogP contribution in [-0.2, 0) is 4.79 Å². The van der Waals surface area contributed by atoms with Gasteiger partial charge in [-0.05, 0) is 42.8 Å². The summed E-state index contributed by atoms with van der Waals surface area (Å²) >= 11 is 5.78. The lowest BCUT2D eigenvalue weighted by atomic mass is 10.2. The molecule has 24 heavy (non-hydrogen) atoms. The number of nitrogens with one attached hydrogen (secondary N) is 2. The molecule has 6 heteroatoms. The van der Waals surface area contributed by atoms with Crippen LogP contribution in [0.25, 0.3) is 0 Å². The monoisotopic (exact) mass is 346 g/mol. The van der Waals surface area contributed by atoms with E-state index in [-0.39, 0.29) is 11.8 Å². The Morgan fingerprint density at radius 3 is 2.58 bits per heavy atom. The van der Waals surface area contributed by atoms with E-state index in [2.05, 4.69) is 10.6 Å². The zero-order chi connectivity index (χ0) is 17.4. The molecule has 2 amide bonds. The lowest BCUT2D eigenvalue weighted by Gasteiger charge is -2.08. The lowest BCUT2D eigenvalue weighted by Crippen LogP contribution is -2.25. The van der Waals surface area contributed by atoms with Crippen molar-refractivity contribution >= 4 is 29.1 Å². The highest BCUT2D eigenvalue weighted by molar-refractivity contribution is 6.30. The van der Waals surface area contributed by atoms with Crippen molar-refractivity contribution in [3.63, 3.8) is 0 Å². The second kappa shape index (κ2) is 8.93. The van der Waals surface area contributed by atoms with Gasteiger partial charge in [0.25, 0.3) is 5.91 Å². The Morgan fingerprint density at radius 2 is 1.88 bits per heavy atom. The number of methoxy groups -OCH3 is 1. The number of carbonyl (C=O) groups excluding carboxylic acids is 2. The quantitative estimate of drug-likeness (QED) is 0.754. The van der Waals surface area contributed by atoms with Gasteiger partial charge in [-0.15, -0.1) is 0 Å². The summed E-state index contributed by atoms with van der Waals surface area (Å²) in [5, 5.41) is 6.15. The molecule has 0 unspecified atom stereocenters. The summed E-state index contributed by atoms with van der Waals surface area (Å²) < 4.78 is 5.10. The van der Waals surface area contributed by atoms with E-state index in [1.807, 2.05) is 6.07 Å². The molecule has 0 spiro atoms. The molecule has 0 saturated heterocycles. The summed E-state index contributed by atoms with van der Waals surface area (Å²) in [5.41, 5.74) is 1.23. The third-order valence-electron chi connectivity index (χ3n) is 3.33. The summed E-state index contributed by atoms with van der Waals surface area (Å²) in [6.45, 7) is 0.424. The van der Waals surface area contributed by atoms with Crippen molar-refractivity contribution in [1.29, 1.82) is 0 Å². The summed E-state index contributed by atoms with van der Waals surface area (Å²) in [7, 11) is 1.57. The molecular weight excluding hydrogens is 328 g/mol. The van der Waals surface area contributed by atoms with Gasteiger partial charge in [-0.1, -0.05) is 17.7 Å². The molecule has 0 aliphatic rings. The molecular formula is C18H19ClN2O3. The van der Waals surface area contributed by atoms with Crippen molar-refractivity contribution in [2.75, 3.05) is 19.0 Å². The molecule has 2 aromatic rings. The third kappa shape index (κ3) is 5.59. The van der Waals surface area contributed by atoms with E-state index in [1.54, 1.807) is 49.6 Å². The number of carbonyl (C=O) groups is 2. The molecule has 0 heterocycles. The topological polar surface area (TPSA) is 67.4 Å². The van der Waals surface area contributed by atoms with Gasteiger partial charge >= 0.3 is 0 Å². The summed E-state index contributed by atoms with van der Waals surface area (Å²) in [4.78, 5) is 23.8. The van der Waals surface area contributed by atoms with Gasteiger partial charge in [0.2, 0.25) is 5.91 Å². The summed E-state index contributed by atoms with van der Waals surface area (Å²) in [5.74, 6) is 0.395. The van der Waals surface area contributed by atoms with Gasteiger partial charge in [0, 0.05) is 35.3 Å². The summed E-state index contributed by atoms with van der Waals surface area (Å²) in [6.07, 6.45) is 0.868. The highest BCUT2D eigenvalue weighted by Gasteiger charge is 2.06. The molecule has 0 aromatic heterocycles. The van der Waals surface area contributed by atoms with Crippen LogP contribution in [0.1, 0.15) is 23.2 Å². The number of halogens is 1. The van der Waals surface area contributed by atoms with Gasteiger partial charge in [-0.2, -0.15) is 0 Å². The van der Waals surface area contributed by atoms with Crippen molar-refractivity contribution in [2.24, 2.45) is 0 Å². The number of rotatable bonds is 7. The fraction of sp³-hybridized carbons (Fsp3) is 0.222. The number of amides is 2. The second-order valence-electron chi connectivity index (χ2n) is 5.15. The van der Waals surface area contributed by atoms with Crippen LogP contribution >= 0.6 is 11.6 Å². The Bertz CT molecular complexity index is 702. The van der Waals surface area contributed by atoms with Gasteiger partial charge in [-0.25, -0.2) is 0 Å². The van der Waals surface area contributed by atoms with Gasteiger partial charge in [0.1, 0.15) is 5.75 Å². The minimum Gasteiger partial charge on any atom is -0.497 e. The maximum atomic E-state index is 11.9. The minimum absolute atomic E-state index is 0.107. The van der Waals surface area contributed by atoms with E-state index in [0.29, 0.717) is 41.4 Å². The number of hydrogen-bond donors (Lipinski definition) is 2. The highest BCUT2D eigenvalue weighted by Crippen LogP contribution is 2.16. The largest absolute Gasteiger partial charge is 0.497 e. The van der Waals surface area contributed by atoms with Gasteiger partial charge < -0.3 is 15.4 Å². The zero-order valence-corrected chi connectivity index (χ0v) is 14.1. The minimum atomic E-state index is -0.181. The first kappa shape index (κ1) is 17.8. The van der Waals surface area contributed by atoms with E-state index in [1.165, 1.54) is 0 Å². The maximum Gasteiger partial charge on any atom is 0.251 e. The fourth-order valence-corrected chi connectivity index (χ4v) is 2.20. The zero-order valence-electron chi connectivity index (χ0n) is 13.3. The number of anilines is 1. The number of ether oxygens (including phenoxy) is 1. The summed E-state index contributed by atoms with van der Waals surface area (Å²) in [6, 6.07) is 13.8. The first-order chi connectivity index (χ1) is 11.6. The first-order valence-corrected chi connectivity index (χ1v) is 7.94. The molecule has 126 valence electrons. The van der Waals surface area contributed by atoms with Crippen LogP contribution < -0.4 is 15.4 Å². The molecule has 2 N–H and O–H groups in total. The molecule has 0 atom stereocenters. The Hall–Kier alpha value is -2.53. The Kier molecular flexibility index (Phi) is 6.63. The highest BCUT2D eigenvalue weighted by atomic mass is 35.5. The van der Waals surface area contributed by atoms with E-state index in [4.69, 9.17) is 16.3 Å². The molecule has 0 bridgehead atoms. The van der Waals surface area contributed by atoms with Crippen LogP contribution in [0.2, 0.25) is 5.02 Å². The maximum absolute atomic E-state index is 11.9.